The van der Waals surface area contributed by atoms with Gasteiger partial charge in [0.25, 0.3) is 23.6 Å². The second kappa shape index (κ2) is 36.6. The molecule has 2 saturated carbocycles. The van der Waals surface area contributed by atoms with Crippen LogP contribution >= 0.6 is 0 Å². The van der Waals surface area contributed by atoms with Gasteiger partial charge in [-0.2, -0.15) is 73.1 Å². The zero-order valence-corrected chi connectivity index (χ0v) is 68.7. The van der Waals surface area contributed by atoms with Crippen molar-refractivity contribution in [3.63, 3.8) is 0 Å². The first kappa shape index (κ1) is 89.6. The van der Waals surface area contributed by atoms with Gasteiger partial charge in [-0.25, -0.2) is 22.0 Å². The van der Waals surface area contributed by atoms with Crippen molar-refractivity contribution in [1.82, 2.24) is 80.0 Å². The molecule has 4 saturated heterocycles. The average molecular weight is 1770 g/mol. The number of nitrogens with zero attached hydrogens (tertiary/aromatic N) is 12. The molecule has 125 heavy (non-hydrogen) atoms. The third-order valence-electron chi connectivity index (χ3n) is 26.4. The Morgan fingerprint density at radius 1 is 0.360 bits per heavy atom. The molecule has 0 spiro atoms. The number of hydrogen-bond acceptors (Lipinski definition) is 12. The Morgan fingerprint density at radius 3 is 1.05 bits per heavy atom. The number of piperidine rings is 4. The molecule has 672 valence electrons. The van der Waals surface area contributed by atoms with Crippen molar-refractivity contribution in [1.29, 1.82) is 0 Å². The van der Waals surface area contributed by atoms with Gasteiger partial charge in [-0.15, -0.1) is 0 Å². The van der Waals surface area contributed by atoms with E-state index < -0.39 is 99.7 Å². The summed E-state index contributed by atoms with van der Waals surface area (Å²) in [6, 6.07) is 12.8. The number of alkyl halides is 12. The summed E-state index contributed by atoms with van der Waals surface area (Å²) in [7, 11) is 2.00. The number of hydrogen-bond donors (Lipinski definition) is 4. The molecule has 4 aromatic heterocycles. The van der Waals surface area contributed by atoms with E-state index in [1.807, 2.05) is 7.05 Å². The highest BCUT2D eigenvalue weighted by Crippen LogP contribution is 2.47. The molecule has 2 aliphatic carbocycles. The highest BCUT2D eigenvalue weighted by Gasteiger charge is 2.46. The second-order valence-corrected chi connectivity index (χ2v) is 34.2. The topological polar surface area (TPSA) is 226 Å². The lowest BCUT2D eigenvalue weighted by Crippen LogP contribution is -2.43. The Hall–Kier alpha value is -10.2. The van der Waals surface area contributed by atoms with Crippen molar-refractivity contribution in [3.05, 3.63) is 208 Å². The molecule has 8 aliphatic heterocycles. The van der Waals surface area contributed by atoms with Gasteiger partial charge in [-0.1, -0.05) is 48.9 Å². The Bertz CT molecular complexity index is 5270. The van der Waals surface area contributed by atoms with Gasteiger partial charge < -0.3 is 29.4 Å². The predicted octanol–water partition coefficient (Wildman–Crippen LogP) is 16.1. The molecule has 21 nitrogen and oxygen atoms in total. The van der Waals surface area contributed by atoms with E-state index in [1.54, 1.807) is 19.6 Å². The Labute approximate surface area is 708 Å². The fourth-order valence-electron chi connectivity index (χ4n) is 19.3. The molecule has 8 aromatic rings. The third-order valence-corrected chi connectivity index (χ3v) is 26.4. The molecule has 18 rings (SSSR count). The van der Waals surface area contributed by atoms with E-state index in [2.05, 4.69) is 55.5 Å². The van der Waals surface area contributed by atoms with Gasteiger partial charge in [0.1, 0.15) is 17.5 Å². The van der Waals surface area contributed by atoms with Crippen LogP contribution in [-0.4, -0.2) is 208 Å². The first-order chi connectivity index (χ1) is 59.5. The Morgan fingerprint density at radius 2 is 0.696 bits per heavy atom. The second-order valence-electron chi connectivity index (χ2n) is 34.2. The molecule has 6 fully saturated rings. The summed E-state index contributed by atoms with van der Waals surface area (Å²) in [5.74, 6) is -9.27. The van der Waals surface area contributed by atoms with Crippen LogP contribution in [0.3, 0.4) is 0 Å². The molecule has 0 atom stereocenters. The van der Waals surface area contributed by atoms with E-state index in [-0.39, 0.29) is 83.4 Å². The minimum absolute atomic E-state index is 0.0159. The molecule has 38 heteroatoms. The number of carbonyl (C=O) groups excluding carboxylic acids is 5. The minimum Gasteiger partial charge on any atom is -0.337 e. The van der Waals surface area contributed by atoms with E-state index >= 15 is 0 Å². The maximum atomic E-state index is 14.0. The van der Waals surface area contributed by atoms with Crippen LogP contribution in [0.2, 0.25) is 0 Å². The Kier molecular flexibility index (Phi) is 26.2. The van der Waals surface area contributed by atoms with Gasteiger partial charge in [0, 0.05) is 140 Å². The number of aromatic amines is 4. The molecular formula is C87H95F17N16O5. The molecule has 0 radical (unpaired) electrons. The van der Waals surface area contributed by atoms with E-state index in [1.165, 1.54) is 80.3 Å². The maximum absolute atomic E-state index is 14.0. The summed E-state index contributed by atoms with van der Waals surface area (Å²) in [4.78, 5) is 78.8. The maximum Gasteiger partial charge on any atom is 0.419 e. The normalized spacial score (nSPS) is 19.4. The van der Waals surface area contributed by atoms with Crippen molar-refractivity contribution in [2.45, 2.75) is 197 Å². The fraction of sp³-hybridized carbons (Fsp3) is 0.529. The van der Waals surface area contributed by atoms with Crippen molar-refractivity contribution < 1.29 is 98.6 Å². The van der Waals surface area contributed by atoms with E-state index in [4.69, 9.17) is 0 Å². The SMILES string of the molecule is CC(=O)N1CCc2c(C(=O)N3CCC(c4ccc(F)c(F)c4C(F)(F)F)CC3)n[nH]c2C1.CN1CCc2c(C(=O)N3CCC(c4cccc(F)c4C(F)(F)F)CC3)n[nH]c2C1.O=C(c1n[nH]c2c1CCN(C1CCC1)C2)N1CCC(c2cccc(F)c2C(F)(F)F)CC1.O=C(c1n[nH]c2c1CCN(CC1CC1)C2)N1CCC(c2cccc(F)c2C(F)(F)F)CC1. The van der Waals surface area contributed by atoms with Crippen molar-refractivity contribution in [2.24, 2.45) is 5.92 Å². The summed E-state index contributed by atoms with van der Waals surface area (Å²) >= 11 is 0. The molecule has 4 aromatic carbocycles. The van der Waals surface area contributed by atoms with Gasteiger partial charge in [-0.05, 0) is 186 Å². The smallest absolute Gasteiger partial charge is 0.337 e. The largest absolute Gasteiger partial charge is 0.419 e. The van der Waals surface area contributed by atoms with Gasteiger partial charge >= 0.3 is 24.7 Å². The van der Waals surface area contributed by atoms with Gasteiger partial charge in [0.2, 0.25) is 5.91 Å². The summed E-state index contributed by atoms with van der Waals surface area (Å²) in [6.07, 6.45) is -7.63. The van der Waals surface area contributed by atoms with E-state index in [0.717, 1.165) is 128 Å². The molecule has 10 aliphatic rings. The summed E-state index contributed by atoms with van der Waals surface area (Å²) in [5, 5.41) is 28.7. The van der Waals surface area contributed by atoms with Crippen LogP contribution in [0.15, 0.2) is 66.7 Å². The number of likely N-dealkylation sites (N-methyl/N-ethyl adjacent to an activating group) is 1. The van der Waals surface area contributed by atoms with Crippen LogP contribution in [0.5, 0.6) is 0 Å². The summed E-state index contributed by atoms with van der Waals surface area (Å²) in [6.45, 7) is 10.6. The van der Waals surface area contributed by atoms with Crippen molar-refractivity contribution in [2.75, 3.05) is 92.1 Å². The highest BCUT2D eigenvalue weighted by atomic mass is 19.4. The molecule has 5 amide bonds. The van der Waals surface area contributed by atoms with Crippen LogP contribution in [0.4, 0.5) is 74.6 Å². The summed E-state index contributed by atoms with van der Waals surface area (Å²) in [5.41, 5.74) is 3.32. The number of amides is 5. The first-order valence-electron chi connectivity index (χ1n) is 42.4. The van der Waals surface area contributed by atoms with E-state index in [9.17, 15) is 98.6 Å². The number of benzene rings is 4. The van der Waals surface area contributed by atoms with Crippen LogP contribution in [-0.2, 0) is 81.4 Å². The summed E-state index contributed by atoms with van der Waals surface area (Å²) < 4.78 is 230. The minimum atomic E-state index is -5.02. The average Bonchev–Trinajstić information content (AvgIpc) is 1.79. The number of H-pyrrole nitrogens is 4. The van der Waals surface area contributed by atoms with E-state index in [0.29, 0.717) is 139 Å². The lowest BCUT2D eigenvalue weighted by Gasteiger charge is -2.39. The van der Waals surface area contributed by atoms with Crippen LogP contribution < -0.4 is 0 Å². The van der Waals surface area contributed by atoms with Gasteiger partial charge in [-0.3, -0.25) is 54.2 Å². The monoisotopic (exact) mass is 1770 g/mol. The number of fused-ring (bicyclic) bond motifs is 4. The van der Waals surface area contributed by atoms with Crippen molar-refractivity contribution >= 4 is 29.5 Å². The van der Waals surface area contributed by atoms with Crippen molar-refractivity contribution in [3.8, 4) is 0 Å². The molecule has 0 unspecified atom stereocenters. The predicted molar refractivity (Wildman–Crippen MR) is 420 cm³/mol. The first-order valence-corrected chi connectivity index (χ1v) is 42.4. The highest BCUT2D eigenvalue weighted by molar-refractivity contribution is 5.96. The quantitative estimate of drug-likeness (QED) is 0.0887. The number of carbonyl (C=O) groups is 5. The molecule has 4 N–H and O–H groups in total. The molecule has 12 heterocycles. The van der Waals surface area contributed by atoms with Crippen LogP contribution in [0.1, 0.15) is 246 Å². The lowest BCUT2D eigenvalue weighted by molar-refractivity contribution is -0.142. The number of aromatic nitrogens is 8. The van der Waals surface area contributed by atoms with Gasteiger partial charge in [0.05, 0.1) is 51.6 Å². The Balaban J connectivity index is 0.000000129. The lowest BCUT2D eigenvalue weighted by atomic mass is 9.85. The zero-order valence-electron chi connectivity index (χ0n) is 68.7. The third kappa shape index (κ3) is 19.5. The fourth-order valence-corrected chi connectivity index (χ4v) is 19.3. The number of likely N-dealkylation sites (tertiary alicyclic amines) is 4. The number of rotatable bonds is 11. The van der Waals surface area contributed by atoms with Crippen LogP contribution in [0, 0.1) is 35.0 Å². The number of nitrogens with one attached hydrogen (secondary N) is 4. The number of halogens is 17. The van der Waals surface area contributed by atoms with Gasteiger partial charge in [0.15, 0.2) is 34.4 Å². The molecule has 0 bridgehead atoms. The van der Waals surface area contributed by atoms with Crippen LogP contribution in [0.25, 0.3) is 0 Å². The standard InChI is InChI=1S/2C23H26F4N4O.C21H21F5N4O2.C20H22F4N4O/c24-18-6-2-5-16(20(18)23(25,26)27)14-7-10-30(11-8-14)22(32)21-17-9-12-31(15-3-1-4-15)13-19(17)28-29-21;24-18-3-1-2-16(20(18)23(25,26)27)15-6-10-31(11-7-15)22(32)21-17-8-9-30(12-14-4-5-14)13-19(17)28-29-21;1-11(31)30-9-6-14-16(10-30)27-28-19(14)20(32)29-7-4-12(5-8-29)13-2-3-15(22)18(23)17(13)21(24,25)26;1-27-8-7-14-16(11-27)25-26-18(14)19(29)28-9-5-12(6-10-28)13-3-2-4-15(21)17(13)20(22,23)24/h2,5-6,14-15H,1,3-4,7-13H2,(H,28,29);1-3,14-15H,4-13H2,(H,28,29);2-3,12H,4-10H2,1H3,(H,27,28);2-4,12H,5-11H2,1H3,(H,25,26). The molecular weight excluding hydrogens is 1670 g/mol. The zero-order chi connectivity index (χ0) is 88.9.